The number of hydrogen-bond acceptors (Lipinski definition) is 3. The number of nitrogens with zero attached hydrogens (tertiary/aromatic N) is 1. The molecular formula is C14H26N2O. The Kier molecular flexibility index (Phi) is 5.94. The van der Waals surface area contributed by atoms with E-state index in [4.69, 9.17) is 4.74 Å². The van der Waals surface area contributed by atoms with Crippen molar-refractivity contribution < 1.29 is 4.74 Å². The van der Waals surface area contributed by atoms with Gasteiger partial charge in [-0.3, -0.25) is 5.32 Å². The molecule has 0 bridgehead atoms. The Morgan fingerprint density at radius 2 is 1.88 bits per heavy atom. The lowest BCUT2D eigenvalue weighted by molar-refractivity contribution is 0.0103. The molecule has 0 heterocycles. The molecule has 1 atom stereocenters. The van der Waals surface area contributed by atoms with Gasteiger partial charge in [0.05, 0.1) is 17.7 Å². The zero-order valence-electron chi connectivity index (χ0n) is 11.5. The first-order valence-electron chi connectivity index (χ1n) is 6.78. The van der Waals surface area contributed by atoms with Gasteiger partial charge >= 0.3 is 0 Å². The third-order valence-electron chi connectivity index (χ3n) is 3.70. The quantitative estimate of drug-likeness (QED) is 0.749. The Balaban J connectivity index is 2.43. The molecule has 1 saturated carbocycles. The number of nitrogens with one attached hydrogen (secondary N) is 1. The van der Waals surface area contributed by atoms with Crippen LogP contribution in [0.5, 0.6) is 0 Å². The van der Waals surface area contributed by atoms with Crippen LogP contribution < -0.4 is 5.32 Å². The summed E-state index contributed by atoms with van der Waals surface area (Å²) < 4.78 is 5.39. The first-order valence-corrected chi connectivity index (χ1v) is 6.78. The van der Waals surface area contributed by atoms with E-state index in [1.165, 1.54) is 38.5 Å². The third-order valence-corrected chi connectivity index (χ3v) is 3.70. The molecule has 3 heteroatoms. The summed E-state index contributed by atoms with van der Waals surface area (Å²) in [6.07, 6.45) is 8.46. The lowest BCUT2D eigenvalue weighted by atomic mass is 9.98. The van der Waals surface area contributed by atoms with Crippen molar-refractivity contribution in [3.05, 3.63) is 0 Å². The fourth-order valence-corrected chi connectivity index (χ4v) is 2.45. The van der Waals surface area contributed by atoms with Crippen LogP contribution in [0.2, 0.25) is 0 Å². The minimum Gasteiger partial charge on any atom is -0.379 e. The van der Waals surface area contributed by atoms with Crippen LogP contribution in [0.15, 0.2) is 0 Å². The summed E-state index contributed by atoms with van der Waals surface area (Å²) in [6.45, 7) is 4.07. The zero-order chi connectivity index (χ0) is 12.7. The lowest BCUT2D eigenvalue weighted by Gasteiger charge is -2.28. The summed E-state index contributed by atoms with van der Waals surface area (Å²) in [4.78, 5) is 0. The second kappa shape index (κ2) is 6.98. The van der Waals surface area contributed by atoms with Gasteiger partial charge in [0.15, 0.2) is 0 Å². The van der Waals surface area contributed by atoms with Crippen LogP contribution in [-0.4, -0.2) is 24.8 Å². The van der Waals surface area contributed by atoms with Crippen LogP contribution in [0.4, 0.5) is 0 Å². The Hall–Kier alpha value is -0.590. The van der Waals surface area contributed by atoms with Gasteiger partial charge in [-0.15, -0.1) is 0 Å². The van der Waals surface area contributed by atoms with Gasteiger partial charge in [0, 0.05) is 19.6 Å². The molecule has 0 amide bonds. The predicted octanol–water partition coefficient (Wildman–Crippen LogP) is 3.01. The Morgan fingerprint density at radius 3 is 2.35 bits per heavy atom. The maximum absolute atomic E-state index is 9.22. The molecule has 1 fully saturated rings. The molecule has 3 nitrogen and oxygen atoms in total. The number of hydrogen-bond donors (Lipinski definition) is 1. The van der Waals surface area contributed by atoms with Gasteiger partial charge < -0.3 is 4.74 Å². The third kappa shape index (κ3) is 5.52. The van der Waals surface area contributed by atoms with E-state index in [1.54, 1.807) is 7.11 Å². The molecule has 0 aromatic carbocycles. The van der Waals surface area contributed by atoms with Gasteiger partial charge in [0.1, 0.15) is 0 Å². The summed E-state index contributed by atoms with van der Waals surface area (Å²) in [5.41, 5.74) is -0.224. The molecule has 0 aromatic rings. The lowest BCUT2D eigenvalue weighted by Crippen LogP contribution is -2.42. The van der Waals surface area contributed by atoms with E-state index in [0.29, 0.717) is 6.04 Å². The molecule has 0 aromatic heterocycles. The summed E-state index contributed by atoms with van der Waals surface area (Å²) in [5.74, 6) is 0. The number of ether oxygens (including phenoxy) is 1. The fraction of sp³-hybridized carbons (Fsp3) is 0.929. The summed E-state index contributed by atoms with van der Waals surface area (Å²) in [7, 11) is 1.71. The van der Waals surface area contributed by atoms with Gasteiger partial charge in [-0.05, 0) is 26.7 Å². The largest absolute Gasteiger partial charge is 0.379 e. The fourth-order valence-electron chi connectivity index (χ4n) is 2.45. The molecule has 1 unspecified atom stereocenters. The predicted molar refractivity (Wildman–Crippen MR) is 69.7 cm³/mol. The van der Waals surface area contributed by atoms with Gasteiger partial charge in [-0.1, -0.05) is 25.7 Å². The first-order chi connectivity index (χ1) is 8.07. The SMILES string of the molecule is COC(C)(C)CC(C#N)NC1CCCCCC1. The van der Waals surface area contributed by atoms with Crippen LogP contribution in [0.3, 0.4) is 0 Å². The molecule has 0 spiro atoms. The first kappa shape index (κ1) is 14.5. The van der Waals surface area contributed by atoms with Crippen molar-refractivity contribution in [2.45, 2.75) is 76.5 Å². The Bertz CT molecular complexity index is 249. The molecule has 1 aliphatic rings. The molecule has 0 saturated heterocycles. The average Bonchev–Trinajstić information content (AvgIpc) is 2.56. The highest BCUT2D eigenvalue weighted by molar-refractivity contribution is 4.96. The van der Waals surface area contributed by atoms with Gasteiger partial charge in [-0.2, -0.15) is 5.26 Å². The van der Waals surface area contributed by atoms with E-state index in [-0.39, 0.29) is 11.6 Å². The molecule has 1 rings (SSSR count). The normalized spacial score (nSPS) is 20.6. The zero-order valence-corrected chi connectivity index (χ0v) is 11.5. The minimum absolute atomic E-state index is 0.0898. The van der Waals surface area contributed by atoms with Crippen LogP contribution in [0.1, 0.15) is 58.8 Å². The van der Waals surface area contributed by atoms with Crippen molar-refractivity contribution in [2.75, 3.05) is 7.11 Å². The van der Waals surface area contributed by atoms with Gasteiger partial charge in [0.25, 0.3) is 0 Å². The number of rotatable bonds is 5. The summed E-state index contributed by atoms with van der Waals surface area (Å²) in [5, 5.41) is 12.7. The maximum Gasteiger partial charge on any atom is 0.0982 e. The Labute approximate surface area is 106 Å². The monoisotopic (exact) mass is 238 g/mol. The van der Waals surface area contributed by atoms with Crippen LogP contribution >= 0.6 is 0 Å². The highest BCUT2D eigenvalue weighted by Gasteiger charge is 2.24. The van der Waals surface area contributed by atoms with Crippen molar-refractivity contribution in [3.8, 4) is 6.07 Å². The molecule has 17 heavy (non-hydrogen) atoms. The molecule has 1 aliphatic carbocycles. The molecule has 98 valence electrons. The second-order valence-electron chi connectivity index (χ2n) is 5.70. The van der Waals surface area contributed by atoms with Crippen LogP contribution in [0, 0.1) is 11.3 Å². The highest BCUT2D eigenvalue weighted by atomic mass is 16.5. The molecule has 1 N–H and O–H groups in total. The average molecular weight is 238 g/mol. The van der Waals surface area contributed by atoms with E-state index < -0.39 is 0 Å². The number of nitriles is 1. The van der Waals surface area contributed by atoms with E-state index in [0.717, 1.165) is 6.42 Å². The van der Waals surface area contributed by atoms with E-state index >= 15 is 0 Å². The van der Waals surface area contributed by atoms with Crippen molar-refractivity contribution in [2.24, 2.45) is 0 Å². The van der Waals surface area contributed by atoms with Crippen molar-refractivity contribution in [1.82, 2.24) is 5.32 Å². The molecular weight excluding hydrogens is 212 g/mol. The maximum atomic E-state index is 9.22. The van der Waals surface area contributed by atoms with E-state index in [2.05, 4.69) is 11.4 Å². The standard InChI is InChI=1S/C14H26N2O/c1-14(2,17-3)10-13(11-15)16-12-8-6-4-5-7-9-12/h12-13,16H,4-10H2,1-3H3. The van der Waals surface area contributed by atoms with E-state index in [9.17, 15) is 5.26 Å². The molecule has 0 aliphatic heterocycles. The van der Waals surface area contributed by atoms with Crippen LogP contribution in [-0.2, 0) is 4.74 Å². The Morgan fingerprint density at radius 1 is 1.29 bits per heavy atom. The molecule has 0 radical (unpaired) electrons. The topological polar surface area (TPSA) is 45.0 Å². The minimum atomic E-state index is -0.224. The van der Waals surface area contributed by atoms with Crippen molar-refractivity contribution in [3.63, 3.8) is 0 Å². The summed E-state index contributed by atoms with van der Waals surface area (Å²) >= 11 is 0. The second-order valence-corrected chi connectivity index (χ2v) is 5.70. The number of methoxy groups -OCH3 is 1. The summed E-state index contributed by atoms with van der Waals surface area (Å²) in [6, 6.07) is 2.80. The smallest absolute Gasteiger partial charge is 0.0982 e. The highest BCUT2D eigenvalue weighted by Crippen LogP contribution is 2.20. The van der Waals surface area contributed by atoms with Gasteiger partial charge in [-0.25, -0.2) is 0 Å². The van der Waals surface area contributed by atoms with Crippen molar-refractivity contribution in [1.29, 1.82) is 5.26 Å². The van der Waals surface area contributed by atoms with Crippen molar-refractivity contribution >= 4 is 0 Å². The van der Waals surface area contributed by atoms with E-state index in [1.807, 2.05) is 13.8 Å². The van der Waals surface area contributed by atoms with Crippen LogP contribution in [0.25, 0.3) is 0 Å². The van der Waals surface area contributed by atoms with Gasteiger partial charge in [0.2, 0.25) is 0 Å².